The van der Waals surface area contributed by atoms with Crippen molar-refractivity contribution in [2.24, 2.45) is 4.99 Å². The average molecular weight is 615 g/mol. The van der Waals surface area contributed by atoms with Crippen molar-refractivity contribution in [2.45, 2.75) is 6.42 Å². The molecule has 0 radical (unpaired) electrons. The molecule has 0 saturated carbocycles. The van der Waals surface area contributed by atoms with Gasteiger partial charge in [0, 0.05) is 39.7 Å². The number of nitrogen functional groups attached to an aromatic ring is 1. The lowest BCUT2D eigenvalue weighted by Crippen LogP contribution is -1.93. The van der Waals surface area contributed by atoms with Crippen LogP contribution in [0, 0.1) is 0 Å². The summed E-state index contributed by atoms with van der Waals surface area (Å²) in [6.07, 6.45) is 4.56. The fraction of sp³-hybridized carbons (Fsp3) is 0.0227. The first-order chi connectivity index (χ1) is 23.7. The lowest BCUT2D eigenvalue weighted by molar-refractivity contribution is 1.31. The number of hydrogen-bond acceptors (Lipinski definition) is 4. The van der Waals surface area contributed by atoms with E-state index >= 15 is 0 Å². The third-order valence-corrected chi connectivity index (χ3v) is 9.34. The second-order valence-electron chi connectivity index (χ2n) is 12.2. The van der Waals surface area contributed by atoms with Gasteiger partial charge < -0.3 is 5.73 Å². The standard InChI is InChI=1S/C44H30N4/c45-41-36-19-5-1-15-32(36)33-16-2-6-20-37(33)42(41)46-24-23-28-11-9-12-29(25-28)30-13-10-14-31(26-30)40-27-47-43-38-21-7-3-17-34(38)35-18-4-8-22-39(35)44(43)48-40/h1-22,24-27H,23,45H2. The summed E-state index contributed by atoms with van der Waals surface area (Å²) in [7, 11) is 0. The number of aromatic nitrogens is 2. The summed E-state index contributed by atoms with van der Waals surface area (Å²) < 4.78 is 0. The molecule has 9 aromatic rings. The zero-order valence-corrected chi connectivity index (χ0v) is 26.1. The van der Waals surface area contributed by atoms with E-state index in [-0.39, 0.29) is 0 Å². The molecule has 8 aromatic carbocycles. The SMILES string of the molecule is Nc1c(N=CCc2cccc(-c3cccc(-c4cnc5c6ccccc6c6ccccc6c5n4)c3)c2)c2ccccc2c2ccccc12. The van der Waals surface area contributed by atoms with Gasteiger partial charge >= 0.3 is 0 Å². The van der Waals surface area contributed by atoms with E-state index in [1.54, 1.807) is 0 Å². The molecule has 1 aromatic heterocycles. The molecule has 4 heteroatoms. The molecule has 0 aliphatic rings. The Hall–Kier alpha value is -6.39. The number of nitrogens with zero attached hydrogens (tertiary/aromatic N) is 3. The zero-order chi connectivity index (χ0) is 32.0. The summed E-state index contributed by atoms with van der Waals surface area (Å²) in [5.74, 6) is 0. The quantitative estimate of drug-likeness (QED) is 0.119. The summed E-state index contributed by atoms with van der Waals surface area (Å²) in [6.45, 7) is 0. The summed E-state index contributed by atoms with van der Waals surface area (Å²) >= 11 is 0. The topological polar surface area (TPSA) is 64.2 Å². The van der Waals surface area contributed by atoms with E-state index in [1.807, 2.05) is 24.5 Å². The lowest BCUT2D eigenvalue weighted by Gasteiger charge is -2.11. The maximum absolute atomic E-state index is 6.69. The number of rotatable bonds is 5. The highest BCUT2D eigenvalue weighted by molar-refractivity contribution is 6.23. The lowest BCUT2D eigenvalue weighted by atomic mass is 9.98. The number of aliphatic imine (C=N–C) groups is 1. The summed E-state index contributed by atoms with van der Waals surface area (Å²) in [5, 5.41) is 9.03. The van der Waals surface area contributed by atoms with E-state index in [1.165, 1.54) is 16.3 Å². The van der Waals surface area contributed by atoms with E-state index in [2.05, 4.69) is 133 Å². The van der Waals surface area contributed by atoms with Gasteiger partial charge in [0.1, 0.15) is 0 Å². The fourth-order valence-electron chi connectivity index (χ4n) is 7.03. The highest BCUT2D eigenvalue weighted by atomic mass is 14.8. The van der Waals surface area contributed by atoms with Gasteiger partial charge in [0.15, 0.2) is 0 Å². The molecule has 0 amide bonds. The Labute approximate surface area is 277 Å². The zero-order valence-electron chi connectivity index (χ0n) is 26.1. The van der Waals surface area contributed by atoms with Gasteiger partial charge in [-0.2, -0.15) is 0 Å². The second kappa shape index (κ2) is 11.4. The van der Waals surface area contributed by atoms with E-state index in [0.29, 0.717) is 12.1 Å². The van der Waals surface area contributed by atoms with Gasteiger partial charge in [0.25, 0.3) is 0 Å². The van der Waals surface area contributed by atoms with Gasteiger partial charge in [0.05, 0.1) is 34.3 Å². The van der Waals surface area contributed by atoms with Crippen LogP contribution in [0.5, 0.6) is 0 Å². The van der Waals surface area contributed by atoms with Crippen LogP contribution in [0.15, 0.2) is 157 Å². The number of nitrogens with two attached hydrogens (primary N) is 1. The molecule has 0 fully saturated rings. The second-order valence-corrected chi connectivity index (χ2v) is 12.2. The third kappa shape index (κ3) is 4.66. The normalized spacial score (nSPS) is 11.8. The minimum absolute atomic E-state index is 0.686. The molecule has 0 atom stereocenters. The van der Waals surface area contributed by atoms with Crippen LogP contribution in [0.3, 0.4) is 0 Å². The van der Waals surface area contributed by atoms with Crippen LogP contribution in [0.2, 0.25) is 0 Å². The van der Waals surface area contributed by atoms with E-state index < -0.39 is 0 Å². The van der Waals surface area contributed by atoms with Crippen LogP contribution in [-0.4, -0.2) is 16.2 Å². The predicted octanol–water partition coefficient (Wildman–Crippen LogP) is 11.1. The monoisotopic (exact) mass is 614 g/mol. The fourth-order valence-corrected chi connectivity index (χ4v) is 7.03. The van der Waals surface area contributed by atoms with Crippen LogP contribution in [0.1, 0.15) is 5.56 Å². The Bertz CT molecular complexity index is 2690. The van der Waals surface area contributed by atoms with Gasteiger partial charge in [-0.05, 0) is 44.3 Å². The van der Waals surface area contributed by atoms with Crippen LogP contribution < -0.4 is 5.73 Å². The first kappa shape index (κ1) is 27.9. The molecule has 4 nitrogen and oxygen atoms in total. The minimum Gasteiger partial charge on any atom is -0.396 e. The van der Waals surface area contributed by atoms with Crippen molar-refractivity contribution in [1.82, 2.24) is 9.97 Å². The summed E-state index contributed by atoms with van der Waals surface area (Å²) in [6, 6.07) is 50.7. The van der Waals surface area contributed by atoms with E-state index in [0.717, 1.165) is 71.4 Å². The highest BCUT2D eigenvalue weighted by Gasteiger charge is 2.13. The van der Waals surface area contributed by atoms with Crippen LogP contribution in [0.25, 0.3) is 76.5 Å². The molecule has 226 valence electrons. The molecule has 0 saturated heterocycles. The van der Waals surface area contributed by atoms with Crippen molar-refractivity contribution >= 4 is 71.7 Å². The number of benzene rings is 8. The molecular formula is C44H30N4. The van der Waals surface area contributed by atoms with E-state index in [9.17, 15) is 0 Å². The molecule has 0 aliphatic carbocycles. The van der Waals surface area contributed by atoms with Gasteiger partial charge in [-0.1, -0.05) is 140 Å². The Balaban J connectivity index is 1.05. The molecule has 48 heavy (non-hydrogen) atoms. The predicted molar refractivity (Wildman–Crippen MR) is 203 cm³/mol. The Morgan fingerprint density at radius 2 is 1.02 bits per heavy atom. The molecule has 0 aliphatic heterocycles. The molecule has 0 bridgehead atoms. The van der Waals surface area contributed by atoms with Crippen LogP contribution in [0.4, 0.5) is 11.4 Å². The summed E-state index contributed by atoms with van der Waals surface area (Å²) in [4.78, 5) is 15.1. The molecule has 0 spiro atoms. The molecule has 1 heterocycles. The largest absolute Gasteiger partial charge is 0.396 e. The number of anilines is 1. The molecular weight excluding hydrogens is 585 g/mol. The Kier molecular flexibility index (Phi) is 6.65. The van der Waals surface area contributed by atoms with E-state index in [4.69, 9.17) is 20.7 Å². The average Bonchev–Trinajstić information content (AvgIpc) is 3.16. The van der Waals surface area contributed by atoms with Crippen LogP contribution in [-0.2, 0) is 6.42 Å². The van der Waals surface area contributed by atoms with Crippen LogP contribution >= 0.6 is 0 Å². The van der Waals surface area contributed by atoms with Crippen molar-refractivity contribution in [2.75, 3.05) is 5.73 Å². The molecule has 9 rings (SSSR count). The van der Waals surface area contributed by atoms with Crippen molar-refractivity contribution < 1.29 is 0 Å². The number of hydrogen-bond donors (Lipinski definition) is 1. The number of fused-ring (bicyclic) bond motifs is 9. The first-order valence-corrected chi connectivity index (χ1v) is 16.2. The first-order valence-electron chi connectivity index (χ1n) is 16.2. The van der Waals surface area contributed by atoms with Gasteiger partial charge in [-0.15, -0.1) is 0 Å². The maximum Gasteiger partial charge on any atom is 0.0979 e. The highest BCUT2D eigenvalue weighted by Crippen LogP contribution is 2.40. The van der Waals surface area contributed by atoms with Gasteiger partial charge in [-0.25, -0.2) is 4.98 Å². The molecule has 2 N–H and O–H groups in total. The van der Waals surface area contributed by atoms with Crippen molar-refractivity contribution in [3.63, 3.8) is 0 Å². The smallest absolute Gasteiger partial charge is 0.0979 e. The third-order valence-electron chi connectivity index (χ3n) is 9.34. The summed E-state index contributed by atoms with van der Waals surface area (Å²) in [5.41, 5.74) is 15.4. The van der Waals surface area contributed by atoms with Gasteiger partial charge in [-0.3, -0.25) is 9.98 Å². The Morgan fingerprint density at radius 3 is 1.73 bits per heavy atom. The van der Waals surface area contributed by atoms with Crippen molar-refractivity contribution in [3.8, 4) is 22.4 Å². The van der Waals surface area contributed by atoms with Gasteiger partial charge in [0.2, 0.25) is 0 Å². The maximum atomic E-state index is 6.69. The minimum atomic E-state index is 0.686. The van der Waals surface area contributed by atoms with Crippen molar-refractivity contribution in [3.05, 3.63) is 157 Å². The van der Waals surface area contributed by atoms with Crippen molar-refractivity contribution in [1.29, 1.82) is 0 Å². The Morgan fingerprint density at radius 1 is 0.500 bits per heavy atom. The molecule has 0 unspecified atom stereocenters.